The topological polar surface area (TPSA) is 90.0 Å². The fraction of sp³-hybridized carbons (Fsp3) is 0.455. The van der Waals surface area contributed by atoms with Crippen molar-refractivity contribution in [2.75, 3.05) is 7.11 Å². The van der Waals surface area contributed by atoms with Gasteiger partial charge >= 0.3 is 11.9 Å². The van der Waals surface area contributed by atoms with Gasteiger partial charge < -0.3 is 9.47 Å². The normalized spacial score (nSPS) is 21.9. The molecule has 0 spiro atoms. The molecule has 1 heterocycles. The minimum Gasteiger partial charge on any atom is -0.465 e. The number of fused-ring (bicyclic) bond motifs is 1. The quantitative estimate of drug-likeness (QED) is 0.316. The minimum absolute atomic E-state index is 0.0793. The summed E-state index contributed by atoms with van der Waals surface area (Å²) in [6.07, 6.45) is 5.18. The van der Waals surface area contributed by atoms with Crippen LogP contribution in [0.25, 0.3) is 0 Å². The third kappa shape index (κ3) is 4.23. The number of nitrogens with zero attached hydrogens (tertiary/aromatic N) is 1. The van der Waals surface area contributed by atoms with E-state index < -0.39 is 29.8 Å². The fourth-order valence-corrected chi connectivity index (χ4v) is 3.85. The molecular weight excluding hydrogens is 374 g/mol. The van der Waals surface area contributed by atoms with E-state index in [1.165, 1.54) is 31.4 Å². The molecule has 1 saturated heterocycles. The van der Waals surface area contributed by atoms with Gasteiger partial charge in [-0.1, -0.05) is 26.0 Å². The summed E-state index contributed by atoms with van der Waals surface area (Å²) in [5.74, 6) is -2.22. The Bertz CT molecular complexity index is 815. The highest BCUT2D eigenvalue weighted by Gasteiger charge is 2.51. The van der Waals surface area contributed by atoms with Crippen LogP contribution in [0.4, 0.5) is 0 Å². The highest BCUT2D eigenvalue weighted by atomic mass is 16.5. The number of allylic oxidation sites excluding steroid dienone is 2. The van der Waals surface area contributed by atoms with Crippen molar-refractivity contribution in [1.29, 1.82) is 0 Å². The molecule has 1 aromatic carbocycles. The summed E-state index contributed by atoms with van der Waals surface area (Å²) < 4.78 is 10.1. The predicted octanol–water partition coefficient (Wildman–Crippen LogP) is 2.74. The van der Waals surface area contributed by atoms with Crippen LogP contribution in [0, 0.1) is 17.8 Å². The summed E-state index contributed by atoms with van der Waals surface area (Å²) in [5.41, 5.74) is 0.326. The van der Waals surface area contributed by atoms with Crippen LogP contribution in [0.5, 0.6) is 5.75 Å². The van der Waals surface area contributed by atoms with Crippen LogP contribution in [0.3, 0.4) is 0 Å². The average Bonchev–Trinajstić information content (AvgIpc) is 2.96. The van der Waals surface area contributed by atoms with Gasteiger partial charge in [-0.25, -0.2) is 9.59 Å². The maximum Gasteiger partial charge on any atom is 0.337 e. The van der Waals surface area contributed by atoms with Crippen LogP contribution in [0.15, 0.2) is 36.4 Å². The van der Waals surface area contributed by atoms with E-state index in [1.54, 1.807) is 0 Å². The number of rotatable bonds is 6. The molecule has 3 atom stereocenters. The summed E-state index contributed by atoms with van der Waals surface area (Å²) in [6.45, 7) is 3.84. The molecule has 0 N–H and O–H groups in total. The summed E-state index contributed by atoms with van der Waals surface area (Å²) in [4.78, 5) is 51.4. The number of methoxy groups -OCH3 is 1. The number of carbonyl (C=O) groups excluding carboxylic acids is 4. The molecule has 1 aromatic rings. The first-order chi connectivity index (χ1) is 13.8. The Morgan fingerprint density at radius 1 is 1.03 bits per heavy atom. The first-order valence-corrected chi connectivity index (χ1v) is 9.75. The van der Waals surface area contributed by atoms with E-state index in [2.05, 4.69) is 4.74 Å². The molecule has 1 aliphatic carbocycles. The third-order valence-electron chi connectivity index (χ3n) is 5.31. The summed E-state index contributed by atoms with van der Waals surface area (Å²) in [5, 5.41) is 0. The Morgan fingerprint density at radius 2 is 1.59 bits per heavy atom. The van der Waals surface area contributed by atoms with Gasteiger partial charge in [-0.15, -0.1) is 0 Å². The average molecular weight is 399 g/mol. The number of hydrogen-bond acceptors (Lipinski definition) is 6. The van der Waals surface area contributed by atoms with Gasteiger partial charge in [-0.2, -0.15) is 0 Å². The molecule has 0 aromatic heterocycles. The zero-order valence-corrected chi connectivity index (χ0v) is 16.8. The Hall–Kier alpha value is -2.96. The molecule has 2 aliphatic rings. The molecule has 1 fully saturated rings. The number of hydrogen-bond donors (Lipinski definition) is 0. The zero-order chi connectivity index (χ0) is 21.1. The Kier molecular flexibility index (Phi) is 6.15. The third-order valence-corrected chi connectivity index (χ3v) is 5.31. The van der Waals surface area contributed by atoms with E-state index >= 15 is 0 Å². The molecule has 2 amide bonds. The van der Waals surface area contributed by atoms with Crippen molar-refractivity contribution in [1.82, 2.24) is 4.90 Å². The Labute approximate surface area is 169 Å². The summed E-state index contributed by atoms with van der Waals surface area (Å²) in [7, 11) is 1.28. The van der Waals surface area contributed by atoms with E-state index in [9.17, 15) is 19.2 Å². The molecule has 3 unspecified atom stereocenters. The maximum atomic E-state index is 12.9. The lowest BCUT2D eigenvalue weighted by atomic mass is 9.85. The van der Waals surface area contributed by atoms with E-state index in [0.717, 1.165) is 4.90 Å². The second-order valence-electron chi connectivity index (χ2n) is 7.78. The first-order valence-electron chi connectivity index (χ1n) is 9.75. The van der Waals surface area contributed by atoms with Gasteiger partial charge in [0.25, 0.3) is 0 Å². The molecule has 0 bridgehead atoms. The van der Waals surface area contributed by atoms with Crippen molar-refractivity contribution in [3.8, 4) is 5.75 Å². The predicted molar refractivity (Wildman–Crippen MR) is 104 cm³/mol. The number of ether oxygens (including phenoxy) is 2. The van der Waals surface area contributed by atoms with Gasteiger partial charge in [0.1, 0.15) is 11.8 Å². The van der Waals surface area contributed by atoms with Crippen molar-refractivity contribution >= 4 is 23.8 Å². The second kappa shape index (κ2) is 8.59. The van der Waals surface area contributed by atoms with E-state index in [0.29, 0.717) is 24.8 Å². The van der Waals surface area contributed by atoms with Crippen LogP contribution in [0.1, 0.15) is 43.5 Å². The lowest BCUT2D eigenvalue weighted by molar-refractivity contribution is -0.154. The van der Waals surface area contributed by atoms with Crippen LogP contribution in [-0.4, -0.2) is 41.8 Å². The second-order valence-corrected chi connectivity index (χ2v) is 7.78. The van der Waals surface area contributed by atoms with Crippen molar-refractivity contribution in [2.24, 2.45) is 17.8 Å². The number of amides is 2. The molecule has 154 valence electrons. The molecule has 0 saturated carbocycles. The van der Waals surface area contributed by atoms with E-state index in [4.69, 9.17) is 4.74 Å². The number of esters is 2. The molecule has 29 heavy (non-hydrogen) atoms. The molecular formula is C22H25NO6. The zero-order valence-electron chi connectivity index (χ0n) is 16.8. The molecule has 7 nitrogen and oxygen atoms in total. The lowest BCUT2D eigenvalue weighted by Gasteiger charge is -2.26. The largest absolute Gasteiger partial charge is 0.465 e. The van der Waals surface area contributed by atoms with Crippen molar-refractivity contribution < 1.29 is 28.7 Å². The molecule has 7 heteroatoms. The van der Waals surface area contributed by atoms with Gasteiger partial charge in [0.05, 0.1) is 24.5 Å². The van der Waals surface area contributed by atoms with Crippen LogP contribution in [-0.2, 0) is 19.1 Å². The smallest absolute Gasteiger partial charge is 0.337 e. The highest BCUT2D eigenvalue weighted by Crippen LogP contribution is 2.37. The van der Waals surface area contributed by atoms with Crippen LogP contribution < -0.4 is 4.74 Å². The van der Waals surface area contributed by atoms with E-state index in [-0.39, 0.29) is 23.5 Å². The first kappa shape index (κ1) is 20.8. The van der Waals surface area contributed by atoms with Crippen molar-refractivity contribution in [3.63, 3.8) is 0 Å². The maximum absolute atomic E-state index is 12.9. The number of carbonyl (C=O) groups is 4. The SMILES string of the molecule is COC(=O)c1ccc(OC(=O)C(CC(C)C)N2C(=O)C3CC=CCC3C2=O)cc1. The van der Waals surface area contributed by atoms with Gasteiger partial charge in [-0.05, 0) is 49.4 Å². The Balaban J connectivity index is 1.79. The standard InChI is InChI=1S/C22H25NO6/c1-13(2)12-18(23-19(24)16-6-4-5-7-17(16)20(23)25)22(27)29-15-10-8-14(9-11-15)21(26)28-3/h4-5,8-11,13,16-18H,6-7,12H2,1-3H3. The van der Waals surface area contributed by atoms with Crippen molar-refractivity contribution in [2.45, 2.75) is 39.2 Å². The molecule has 3 rings (SSSR count). The number of benzene rings is 1. The summed E-state index contributed by atoms with van der Waals surface area (Å²) in [6, 6.07) is 4.96. The fourth-order valence-electron chi connectivity index (χ4n) is 3.85. The Morgan fingerprint density at radius 3 is 2.07 bits per heavy atom. The van der Waals surface area contributed by atoms with Crippen molar-refractivity contribution in [3.05, 3.63) is 42.0 Å². The van der Waals surface area contributed by atoms with Gasteiger partial charge in [0.2, 0.25) is 11.8 Å². The lowest BCUT2D eigenvalue weighted by Crippen LogP contribution is -2.48. The highest BCUT2D eigenvalue weighted by molar-refractivity contribution is 6.08. The van der Waals surface area contributed by atoms with E-state index in [1.807, 2.05) is 26.0 Å². The molecule has 0 radical (unpaired) electrons. The van der Waals surface area contributed by atoms with Gasteiger partial charge in [0.15, 0.2) is 0 Å². The van der Waals surface area contributed by atoms with Crippen LogP contribution >= 0.6 is 0 Å². The monoisotopic (exact) mass is 399 g/mol. The van der Waals surface area contributed by atoms with Crippen LogP contribution in [0.2, 0.25) is 0 Å². The number of imide groups is 1. The molecule has 1 aliphatic heterocycles. The summed E-state index contributed by atoms with van der Waals surface area (Å²) >= 11 is 0. The number of likely N-dealkylation sites (tertiary alicyclic amines) is 1. The van der Waals surface area contributed by atoms with Gasteiger partial charge in [0, 0.05) is 0 Å². The minimum atomic E-state index is -0.971. The van der Waals surface area contributed by atoms with Gasteiger partial charge in [-0.3, -0.25) is 14.5 Å².